The summed E-state index contributed by atoms with van der Waals surface area (Å²) in [6, 6.07) is 16.9. The number of halogens is 3. The van der Waals surface area contributed by atoms with Gasteiger partial charge in [-0.15, -0.1) is 0 Å². The Morgan fingerprint density at radius 1 is 1.03 bits per heavy atom. The van der Waals surface area contributed by atoms with Gasteiger partial charge in [-0.05, 0) is 29.8 Å². The Labute approximate surface area is 165 Å². The molecule has 2 aromatic carbocycles. The normalized spacial score (nSPS) is 12.8. The number of hydrogen-bond donors (Lipinski definition) is 1. The molecule has 0 aliphatic heterocycles. The average Bonchev–Trinajstić information content (AvgIpc) is 3.17. The minimum absolute atomic E-state index is 0.0705. The van der Waals surface area contributed by atoms with Crippen molar-refractivity contribution in [3.05, 3.63) is 78.2 Å². The Hall–Kier alpha value is -3.27. The van der Waals surface area contributed by atoms with Gasteiger partial charge in [0.25, 0.3) is 5.78 Å². The molecular weight excluding hydrogens is 403 g/mol. The number of nitrogens with zero attached hydrogens (tertiary/aromatic N) is 4. The van der Waals surface area contributed by atoms with Crippen LogP contribution in [-0.2, 0) is 22.7 Å². The van der Waals surface area contributed by atoms with E-state index in [-0.39, 0.29) is 17.3 Å². The van der Waals surface area contributed by atoms with Crippen molar-refractivity contribution < 1.29 is 17.4 Å². The second-order valence-corrected chi connectivity index (χ2v) is 7.58. The van der Waals surface area contributed by atoms with Crippen LogP contribution in [0.25, 0.3) is 5.78 Å². The van der Waals surface area contributed by atoms with Crippen LogP contribution in [0.15, 0.2) is 71.9 Å². The van der Waals surface area contributed by atoms with Crippen LogP contribution in [0.3, 0.4) is 0 Å². The maximum Gasteiger partial charge on any atom is 0.433 e. The van der Waals surface area contributed by atoms with Crippen LogP contribution in [-0.4, -0.2) is 23.8 Å². The van der Waals surface area contributed by atoms with Gasteiger partial charge in [0.05, 0.1) is 16.6 Å². The molecule has 0 bridgehead atoms. The molecule has 0 aliphatic carbocycles. The first-order chi connectivity index (χ1) is 13.9. The van der Waals surface area contributed by atoms with Crippen LogP contribution in [0.5, 0.6) is 0 Å². The van der Waals surface area contributed by atoms with Gasteiger partial charge in [-0.25, -0.2) is 4.98 Å². The highest BCUT2D eigenvalue weighted by Gasteiger charge is 2.34. The van der Waals surface area contributed by atoms with E-state index in [9.17, 15) is 17.4 Å². The zero-order valence-electron chi connectivity index (χ0n) is 14.8. The predicted octanol–water partition coefficient (Wildman–Crippen LogP) is 4.19. The first-order valence-electron chi connectivity index (χ1n) is 8.47. The molecule has 0 saturated carbocycles. The Morgan fingerprint density at radius 3 is 2.59 bits per heavy atom. The third-order valence-corrected chi connectivity index (χ3v) is 5.44. The molecular formula is C19H14F3N5OS. The van der Waals surface area contributed by atoms with Crippen molar-refractivity contribution >= 4 is 28.1 Å². The molecule has 1 atom stereocenters. The summed E-state index contributed by atoms with van der Waals surface area (Å²) in [6.45, 7) is 0. The van der Waals surface area contributed by atoms with Crippen molar-refractivity contribution in [3.63, 3.8) is 0 Å². The van der Waals surface area contributed by atoms with E-state index in [0.717, 1.165) is 18.0 Å². The van der Waals surface area contributed by atoms with Gasteiger partial charge in [0, 0.05) is 16.6 Å². The predicted molar refractivity (Wildman–Crippen MR) is 102 cm³/mol. The molecule has 1 unspecified atom stereocenters. The fourth-order valence-electron chi connectivity index (χ4n) is 2.74. The van der Waals surface area contributed by atoms with Gasteiger partial charge in [0.1, 0.15) is 12.1 Å². The molecule has 0 spiro atoms. The quantitative estimate of drug-likeness (QED) is 0.527. The van der Waals surface area contributed by atoms with Crippen molar-refractivity contribution in [2.75, 3.05) is 5.32 Å². The second-order valence-electron chi connectivity index (χ2n) is 6.12. The van der Waals surface area contributed by atoms with Crippen LogP contribution < -0.4 is 5.32 Å². The summed E-state index contributed by atoms with van der Waals surface area (Å²) in [5.41, 5.74) is 0.239. The van der Waals surface area contributed by atoms with Gasteiger partial charge in [-0.1, -0.05) is 30.3 Å². The number of fused-ring (bicyclic) bond motifs is 1. The molecule has 4 rings (SSSR count). The van der Waals surface area contributed by atoms with Gasteiger partial charge >= 0.3 is 6.18 Å². The molecule has 0 aliphatic rings. The number of benzene rings is 2. The van der Waals surface area contributed by atoms with Gasteiger partial charge in [0.2, 0.25) is 0 Å². The third-order valence-electron chi connectivity index (χ3n) is 4.05. The molecule has 0 fully saturated rings. The van der Waals surface area contributed by atoms with E-state index in [1.807, 2.05) is 24.3 Å². The molecule has 2 heterocycles. The third kappa shape index (κ3) is 4.27. The lowest BCUT2D eigenvalue weighted by atomic mass is 10.2. The summed E-state index contributed by atoms with van der Waals surface area (Å²) in [7, 11) is -1.23. The minimum Gasteiger partial charge on any atom is -0.340 e. The lowest BCUT2D eigenvalue weighted by molar-refractivity contribution is -0.141. The summed E-state index contributed by atoms with van der Waals surface area (Å²) < 4.78 is 53.1. The number of hydrogen-bond acceptors (Lipinski definition) is 5. The van der Waals surface area contributed by atoms with E-state index in [4.69, 9.17) is 0 Å². The lowest BCUT2D eigenvalue weighted by Gasteiger charge is -2.12. The van der Waals surface area contributed by atoms with E-state index in [2.05, 4.69) is 20.4 Å². The fourth-order valence-corrected chi connectivity index (χ4v) is 3.85. The van der Waals surface area contributed by atoms with Crippen LogP contribution in [0.4, 0.5) is 24.7 Å². The Bertz CT molecular complexity index is 1180. The number of rotatable bonds is 5. The van der Waals surface area contributed by atoms with Crippen LogP contribution in [0.2, 0.25) is 0 Å². The topological polar surface area (TPSA) is 72.2 Å². The smallest absolute Gasteiger partial charge is 0.340 e. The molecule has 4 aromatic rings. The molecule has 0 radical (unpaired) electrons. The van der Waals surface area contributed by atoms with Gasteiger partial charge < -0.3 is 5.32 Å². The lowest BCUT2D eigenvalue weighted by Crippen LogP contribution is -2.12. The van der Waals surface area contributed by atoms with Crippen LogP contribution in [0.1, 0.15) is 11.3 Å². The van der Waals surface area contributed by atoms with Crippen LogP contribution >= 0.6 is 0 Å². The van der Waals surface area contributed by atoms with Gasteiger partial charge in [-0.3, -0.25) is 4.21 Å². The summed E-state index contributed by atoms with van der Waals surface area (Å²) in [4.78, 5) is 7.94. The molecule has 29 heavy (non-hydrogen) atoms. The Kier molecular flexibility index (Phi) is 5.01. The summed E-state index contributed by atoms with van der Waals surface area (Å²) >= 11 is 0. The van der Waals surface area contributed by atoms with Crippen molar-refractivity contribution in [2.24, 2.45) is 0 Å². The second kappa shape index (κ2) is 7.63. The molecule has 2 aromatic heterocycles. The van der Waals surface area contributed by atoms with Crippen molar-refractivity contribution in [2.45, 2.75) is 16.8 Å². The van der Waals surface area contributed by atoms with Crippen molar-refractivity contribution in [1.82, 2.24) is 19.6 Å². The van der Waals surface area contributed by atoms with E-state index >= 15 is 0 Å². The zero-order chi connectivity index (χ0) is 20.4. The molecule has 0 amide bonds. The highest BCUT2D eigenvalue weighted by molar-refractivity contribution is 7.84. The zero-order valence-corrected chi connectivity index (χ0v) is 15.6. The highest BCUT2D eigenvalue weighted by atomic mass is 32.2. The van der Waals surface area contributed by atoms with E-state index < -0.39 is 22.7 Å². The maximum atomic E-state index is 13.1. The molecule has 0 saturated heterocycles. The number of anilines is 2. The Balaban J connectivity index is 1.61. The summed E-state index contributed by atoms with van der Waals surface area (Å²) in [5, 5.41) is 6.83. The first-order valence-corrected chi connectivity index (χ1v) is 9.79. The van der Waals surface area contributed by atoms with Gasteiger partial charge in [0.15, 0.2) is 5.69 Å². The monoisotopic (exact) mass is 417 g/mol. The van der Waals surface area contributed by atoms with Gasteiger partial charge in [-0.2, -0.15) is 27.8 Å². The van der Waals surface area contributed by atoms with E-state index in [1.165, 1.54) is 4.52 Å². The SMILES string of the molecule is O=S(Cc1cccc(Nc2cc(C(F)(F)F)nc3ncnn23)c1)c1ccccc1. The number of nitrogens with one attached hydrogen (secondary N) is 1. The van der Waals surface area contributed by atoms with E-state index in [1.54, 1.807) is 30.3 Å². The summed E-state index contributed by atoms with van der Waals surface area (Å²) in [6.07, 6.45) is -3.48. The maximum absolute atomic E-state index is 13.1. The highest BCUT2D eigenvalue weighted by Crippen LogP contribution is 2.30. The Morgan fingerprint density at radius 2 is 1.83 bits per heavy atom. The van der Waals surface area contributed by atoms with Crippen LogP contribution in [0, 0.1) is 0 Å². The molecule has 10 heteroatoms. The summed E-state index contributed by atoms with van der Waals surface area (Å²) in [5.74, 6) is 0.187. The molecule has 6 nitrogen and oxygen atoms in total. The standard InChI is InChI=1S/C19H14F3N5OS/c20-19(21,22)16-10-17(27-18(26-16)23-12-24-27)25-14-6-4-5-13(9-14)11-29(28)15-7-2-1-3-8-15/h1-10,12,25H,11H2. The van der Waals surface area contributed by atoms with Crippen molar-refractivity contribution in [1.29, 1.82) is 0 Å². The molecule has 1 N–H and O–H groups in total. The number of aromatic nitrogens is 4. The largest absolute Gasteiger partial charge is 0.433 e. The minimum atomic E-state index is -4.61. The fraction of sp³-hybridized carbons (Fsp3) is 0.105. The molecule has 148 valence electrons. The van der Waals surface area contributed by atoms with Crippen molar-refractivity contribution in [3.8, 4) is 0 Å². The number of alkyl halides is 3. The first kappa shape index (κ1) is 19.1. The van der Waals surface area contributed by atoms with E-state index in [0.29, 0.717) is 10.6 Å². The average molecular weight is 417 g/mol.